The summed E-state index contributed by atoms with van der Waals surface area (Å²) >= 11 is 1.66. The molecule has 4 aromatic rings. The van der Waals surface area contributed by atoms with Gasteiger partial charge >= 0.3 is 0 Å². The summed E-state index contributed by atoms with van der Waals surface area (Å²) in [5.74, 6) is 1.19. The summed E-state index contributed by atoms with van der Waals surface area (Å²) in [6.07, 6.45) is 1.56. The lowest BCUT2D eigenvalue weighted by Crippen LogP contribution is -2.01. The molecule has 0 spiro atoms. The second-order valence-electron chi connectivity index (χ2n) is 5.72. The number of nitrogens with one attached hydrogen (secondary N) is 1. The van der Waals surface area contributed by atoms with E-state index in [1.54, 1.807) is 29.8 Å². The molecule has 3 heterocycles. The number of thiophene rings is 1. The normalized spacial score (nSPS) is 11.2. The van der Waals surface area contributed by atoms with Gasteiger partial charge in [-0.1, -0.05) is 5.16 Å². The Balaban J connectivity index is 1.55. The van der Waals surface area contributed by atoms with Crippen LogP contribution in [0.2, 0.25) is 0 Å². The highest BCUT2D eigenvalue weighted by molar-refractivity contribution is 7.18. The predicted molar refractivity (Wildman–Crippen MR) is 96.1 cm³/mol. The minimum atomic E-state index is -0.275. The summed E-state index contributed by atoms with van der Waals surface area (Å²) in [7, 11) is 0. The van der Waals surface area contributed by atoms with E-state index in [9.17, 15) is 4.39 Å². The highest BCUT2D eigenvalue weighted by atomic mass is 32.1. The van der Waals surface area contributed by atoms with Crippen molar-refractivity contribution >= 4 is 27.4 Å². The number of rotatable bonds is 4. The quantitative estimate of drug-likeness (QED) is 0.575. The predicted octanol–water partition coefficient (Wildman–Crippen LogP) is 4.71. The van der Waals surface area contributed by atoms with Crippen molar-refractivity contribution in [1.29, 1.82) is 0 Å². The molecule has 4 rings (SSSR count). The zero-order valence-corrected chi connectivity index (χ0v) is 14.5. The number of fused-ring (bicyclic) bond motifs is 1. The van der Waals surface area contributed by atoms with E-state index < -0.39 is 0 Å². The molecule has 0 amide bonds. The minimum absolute atomic E-state index is 0.275. The van der Waals surface area contributed by atoms with Crippen LogP contribution < -0.4 is 5.32 Å². The molecule has 0 aliphatic carbocycles. The molecule has 0 saturated heterocycles. The molecule has 0 atom stereocenters. The van der Waals surface area contributed by atoms with Crippen LogP contribution in [-0.2, 0) is 6.54 Å². The molecule has 7 heteroatoms. The maximum Gasteiger partial charge on any atom is 0.156 e. The van der Waals surface area contributed by atoms with E-state index >= 15 is 0 Å². The summed E-state index contributed by atoms with van der Waals surface area (Å²) in [5.41, 5.74) is 2.67. The molecule has 5 nitrogen and oxygen atoms in total. The summed E-state index contributed by atoms with van der Waals surface area (Å²) in [4.78, 5) is 10.9. The molecule has 126 valence electrons. The maximum atomic E-state index is 13.0. The van der Waals surface area contributed by atoms with E-state index in [1.165, 1.54) is 22.6 Å². The Morgan fingerprint density at radius 1 is 1.16 bits per heavy atom. The Morgan fingerprint density at radius 3 is 2.76 bits per heavy atom. The van der Waals surface area contributed by atoms with Crippen molar-refractivity contribution < 1.29 is 8.91 Å². The Labute approximate surface area is 147 Å². The van der Waals surface area contributed by atoms with Gasteiger partial charge in [-0.25, -0.2) is 14.4 Å². The molecule has 0 aliphatic heterocycles. The first-order chi connectivity index (χ1) is 12.1. The first kappa shape index (κ1) is 15.7. The fourth-order valence-corrected chi connectivity index (χ4v) is 3.64. The molecular weight excluding hydrogens is 339 g/mol. The number of hydrogen-bond donors (Lipinski definition) is 1. The lowest BCUT2D eigenvalue weighted by molar-refractivity contribution is 0.390. The third-order valence-electron chi connectivity index (χ3n) is 4.09. The fraction of sp³-hybridized carbons (Fsp3) is 0.167. The number of anilines is 1. The van der Waals surface area contributed by atoms with Gasteiger partial charge < -0.3 is 9.84 Å². The SMILES string of the molecule is Cc1sc2ncnc(NCc3cc(-c4ccc(F)cc4)no3)c2c1C. The largest absolute Gasteiger partial charge is 0.362 e. The van der Waals surface area contributed by atoms with E-state index in [0.29, 0.717) is 18.0 Å². The highest BCUT2D eigenvalue weighted by Crippen LogP contribution is 2.32. The molecule has 0 saturated carbocycles. The first-order valence-corrected chi connectivity index (χ1v) is 8.59. The Kier molecular flexibility index (Phi) is 3.93. The second kappa shape index (κ2) is 6.25. The fourth-order valence-electron chi connectivity index (χ4n) is 2.64. The van der Waals surface area contributed by atoms with Crippen LogP contribution in [0.3, 0.4) is 0 Å². The van der Waals surface area contributed by atoms with Crippen molar-refractivity contribution in [3.05, 3.63) is 58.7 Å². The van der Waals surface area contributed by atoms with Crippen molar-refractivity contribution in [3.63, 3.8) is 0 Å². The monoisotopic (exact) mass is 354 g/mol. The zero-order valence-electron chi connectivity index (χ0n) is 13.7. The standard InChI is InChI=1S/C18H15FN4OS/c1-10-11(2)25-18-16(10)17(21-9-22-18)20-8-14-7-15(23-24-14)12-3-5-13(19)6-4-12/h3-7,9H,8H2,1-2H3,(H,20,21,22). The lowest BCUT2D eigenvalue weighted by Gasteiger charge is -2.04. The van der Waals surface area contributed by atoms with Gasteiger partial charge in [0.15, 0.2) is 5.76 Å². The maximum absolute atomic E-state index is 13.0. The van der Waals surface area contributed by atoms with Crippen molar-refractivity contribution in [2.24, 2.45) is 0 Å². The molecule has 0 bridgehead atoms. The average Bonchev–Trinajstić information content (AvgIpc) is 3.19. The number of nitrogens with zero attached hydrogens (tertiary/aromatic N) is 3. The summed E-state index contributed by atoms with van der Waals surface area (Å²) in [5, 5.41) is 8.38. The van der Waals surface area contributed by atoms with Crippen LogP contribution in [0.5, 0.6) is 0 Å². The van der Waals surface area contributed by atoms with Crippen LogP contribution in [0.15, 0.2) is 41.2 Å². The van der Waals surface area contributed by atoms with Gasteiger partial charge in [0.1, 0.15) is 28.5 Å². The van der Waals surface area contributed by atoms with E-state index in [-0.39, 0.29) is 5.82 Å². The molecule has 0 radical (unpaired) electrons. The number of halogens is 1. The van der Waals surface area contributed by atoms with Crippen LogP contribution in [-0.4, -0.2) is 15.1 Å². The van der Waals surface area contributed by atoms with Crippen molar-refractivity contribution in [2.45, 2.75) is 20.4 Å². The lowest BCUT2D eigenvalue weighted by atomic mass is 10.1. The molecule has 0 unspecified atom stereocenters. The topological polar surface area (TPSA) is 63.8 Å². The van der Waals surface area contributed by atoms with Gasteiger partial charge in [0.2, 0.25) is 0 Å². The number of benzene rings is 1. The van der Waals surface area contributed by atoms with E-state index in [0.717, 1.165) is 21.6 Å². The van der Waals surface area contributed by atoms with Crippen molar-refractivity contribution in [3.8, 4) is 11.3 Å². The van der Waals surface area contributed by atoms with Gasteiger partial charge in [-0.3, -0.25) is 0 Å². The van der Waals surface area contributed by atoms with Crippen molar-refractivity contribution in [1.82, 2.24) is 15.1 Å². The molecule has 25 heavy (non-hydrogen) atoms. The zero-order chi connectivity index (χ0) is 17.4. The van der Waals surface area contributed by atoms with Gasteiger partial charge in [0.25, 0.3) is 0 Å². The minimum Gasteiger partial charge on any atom is -0.362 e. The van der Waals surface area contributed by atoms with E-state index in [1.807, 2.05) is 6.07 Å². The number of hydrogen-bond acceptors (Lipinski definition) is 6. The Morgan fingerprint density at radius 2 is 1.96 bits per heavy atom. The molecular formula is C18H15FN4OS. The number of aryl methyl sites for hydroxylation is 2. The molecule has 1 N–H and O–H groups in total. The Bertz CT molecular complexity index is 1040. The van der Waals surface area contributed by atoms with E-state index in [2.05, 4.69) is 34.3 Å². The second-order valence-corrected chi connectivity index (χ2v) is 6.93. The highest BCUT2D eigenvalue weighted by Gasteiger charge is 2.13. The third-order valence-corrected chi connectivity index (χ3v) is 5.21. The Hall–Kier alpha value is -2.80. The van der Waals surface area contributed by atoms with Gasteiger partial charge in [-0.2, -0.15) is 0 Å². The van der Waals surface area contributed by atoms with Crippen LogP contribution >= 0.6 is 11.3 Å². The summed E-state index contributed by atoms with van der Waals surface area (Å²) < 4.78 is 18.4. The van der Waals surface area contributed by atoms with Gasteiger partial charge in [0, 0.05) is 16.5 Å². The molecule has 0 fully saturated rings. The van der Waals surface area contributed by atoms with Gasteiger partial charge in [-0.15, -0.1) is 11.3 Å². The molecule has 1 aromatic carbocycles. The van der Waals surface area contributed by atoms with Crippen molar-refractivity contribution in [2.75, 3.05) is 5.32 Å². The van der Waals surface area contributed by atoms with Crippen LogP contribution in [0, 0.1) is 19.7 Å². The van der Waals surface area contributed by atoms with Crippen LogP contribution in [0.25, 0.3) is 21.5 Å². The van der Waals surface area contributed by atoms with E-state index in [4.69, 9.17) is 4.52 Å². The first-order valence-electron chi connectivity index (χ1n) is 7.78. The average molecular weight is 354 g/mol. The molecule has 3 aromatic heterocycles. The number of aromatic nitrogens is 3. The van der Waals surface area contributed by atoms with Crippen LogP contribution in [0.4, 0.5) is 10.2 Å². The molecule has 0 aliphatic rings. The summed E-state index contributed by atoms with van der Waals surface area (Å²) in [6.45, 7) is 4.61. The summed E-state index contributed by atoms with van der Waals surface area (Å²) in [6, 6.07) is 8.00. The third kappa shape index (κ3) is 2.98. The van der Waals surface area contributed by atoms with Crippen LogP contribution in [0.1, 0.15) is 16.2 Å². The van der Waals surface area contributed by atoms with Gasteiger partial charge in [-0.05, 0) is 43.7 Å². The smallest absolute Gasteiger partial charge is 0.156 e. The van der Waals surface area contributed by atoms with Gasteiger partial charge in [0.05, 0.1) is 11.9 Å².